The zero-order valence-electron chi connectivity index (χ0n) is 17.6. The van der Waals surface area contributed by atoms with Crippen LogP contribution >= 0.6 is 23.4 Å². The molecule has 1 atom stereocenters. The number of nitrogens with one attached hydrogen (secondary N) is 1. The standard InChI is InChI=1S/C22H24ClN3O4S/c1-14-5-10-20(30-12-4-11-29-18-8-6-17(23)7-9-18)19(13-14)21-26(16(3)28)25-22(31-21)24-15(2)27/h5-10,13,21H,4,11-12H2,1-3H3,(H,24,25,27). The van der Waals surface area contributed by atoms with Crippen LogP contribution in [0.5, 0.6) is 11.5 Å². The van der Waals surface area contributed by atoms with E-state index in [0.717, 1.165) is 16.9 Å². The molecule has 2 amide bonds. The van der Waals surface area contributed by atoms with Crippen molar-refractivity contribution in [2.45, 2.75) is 32.6 Å². The minimum absolute atomic E-state index is 0.221. The van der Waals surface area contributed by atoms with Gasteiger partial charge in [0.1, 0.15) is 16.9 Å². The van der Waals surface area contributed by atoms with Gasteiger partial charge in [0.25, 0.3) is 0 Å². The molecule has 0 spiro atoms. The summed E-state index contributed by atoms with van der Waals surface area (Å²) in [7, 11) is 0. The highest BCUT2D eigenvalue weighted by atomic mass is 35.5. The van der Waals surface area contributed by atoms with Gasteiger partial charge in [0.2, 0.25) is 11.8 Å². The Balaban J connectivity index is 1.64. The number of carbonyl (C=O) groups is 2. The van der Waals surface area contributed by atoms with Crippen molar-refractivity contribution in [1.82, 2.24) is 10.3 Å². The topological polar surface area (TPSA) is 80.2 Å². The molecule has 31 heavy (non-hydrogen) atoms. The zero-order valence-corrected chi connectivity index (χ0v) is 19.1. The van der Waals surface area contributed by atoms with Crippen LogP contribution in [0, 0.1) is 6.92 Å². The molecule has 0 aliphatic carbocycles. The van der Waals surface area contributed by atoms with Crippen LogP contribution in [-0.4, -0.2) is 35.2 Å². The van der Waals surface area contributed by atoms with Crippen LogP contribution in [0.3, 0.4) is 0 Å². The number of halogens is 1. The van der Waals surface area contributed by atoms with Gasteiger partial charge in [0.15, 0.2) is 5.17 Å². The van der Waals surface area contributed by atoms with Gasteiger partial charge in [-0.1, -0.05) is 35.0 Å². The van der Waals surface area contributed by atoms with Crippen LogP contribution < -0.4 is 14.8 Å². The Bertz CT molecular complexity index is 981. The third-order valence-electron chi connectivity index (χ3n) is 4.31. The Morgan fingerprint density at radius 3 is 2.52 bits per heavy atom. The van der Waals surface area contributed by atoms with E-state index in [-0.39, 0.29) is 11.8 Å². The molecule has 1 aliphatic rings. The first-order chi connectivity index (χ1) is 14.8. The Hall–Kier alpha value is -2.71. The molecule has 1 N–H and O–H groups in total. The summed E-state index contributed by atoms with van der Waals surface area (Å²) in [4.78, 5) is 23.6. The quantitative estimate of drug-likeness (QED) is 0.614. The number of hydrogen-bond acceptors (Lipinski definition) is 6. The van der Waals surface area contributed by atoms with E-state index in [0.29, 0.717) is 35.6 Å². The molecule has 1 heterocycles. The van der Waals surface area contributed by atoms with Gasteiger partial charge in [-0.3, -0.25) is 9.59 Å². The Kier molecular flexibility index (Phi) is 7.81. The van der Waals surface area contributed by atoms with E-state index in [1.807, 2.05) is 37.3 Å². The Morgan fingerprint density at radius 1 is 1.13 bits per heavy atom. The lowest BCUT2D eigenvalue weighted by atomic mass is 10.1. The Morgan fingerprint density at radius 2 is 1.84 bits per heavy atom. The maximum atomic E-state index is 12.1. The van der Waals surface area contributed by atoms with E-state index >= 15 is 0 Å². The minimum Gasteiger partial charge on any atom is -0.493 e. The van der Waals surface area contributed by atoms with Gasteiger partial charge in [0.05, 0.1) is 13.2 Å². The highest BCUT2D eigenvalue weighted by Crippen LogP contribution is 2.42. The summed E-state index contributed by atoms with van der Waals surface area (Å²) in [6.45, 7) is 5.76. The van der Waals surface area contributed by atoms with E-state index in [9.17, 15) is 9.59 Å². The van der Waals surface area contributed by atoms with E-state index in [1.54, 1.807) is 12.1 Å². The minimum atomic E-state index is -0.417. The normalized spacial score (nSPS) is 15.4. The highest BCUT2D eigenvalue weighted by Gasteiger charge is 2.34. The van der Waals surface area contributed by atoms with Crippen LogP contribution in [0.2, 0.25) is 5.02 Å². The molecule has 2 aromatic carbocycles. The zero-order chi connectivity index (χ0) is 22.4. The first-order valence-electron chi connectivity index (χ1n) is 9.78. The monoisotopic (exact) mass is 461 g/mol. The maximum absolute atomic E-state index is 12.1. The van der Waals surface area contributed by atoms with Gasteiger partial charge < -0.3 is 14.8 Å². The number of amides is 2. The van der Waals surface area contributed by atoms with Gasteiger partial charge in [-0.2, -0.15) is 0 Å². The average molecular weight is 462 g/mol. The lowest BCUT2D eigenvalue weighted by Gasteiger charge is -2.22. The number of carbonyl (C=O) groups excluding carboxylic acids is 2. The van der Waals surface area contributed by atoms with Gasteiger partial charge in [-0.05, 0) is 43.3 Å². The third kappa shape index (κ3) is 6.38. The van der Waals surface area contributed by atoms with Crippen LogP contribution in [0.25, 0.3) is 0 Å². The molecule has 0 saturated heterocycles. The molecule has 9 heteroatoms. The van der Waals surface area contributed by atoms with Crippen molar-refractivity contribution in [2.75, 3.05) is 13.2 Å². The van der Waals surface area contributed by atoms with E-state index in [4.69, 9.17) is 21.1 Å². The molecule has 0 saturated carbocycles. The van der Waals surface area contributed by atoms with Crippen LogP contribution in [-0.2, 0) is 9.59 Å². The van der Waals surface area contributed by atoms with E-state index in [1.165, 1.54) is 30.6 Å². The Labute approximate surface area is 190 Å². The average Bonchev–Trinajstić information content (AvgIpc) is 3.13. The number of benzene rings is 2. The number of hydrazone groups is 1. The molecular formula is C22H24ClN3O4S. The first kappa shape index (κ1) is 23.0. The second-order valence-corrected chi connectivity index (χ2v) is 8.47. The number of nitrogens with zero attached hydrogens (tertiary/aromatic N) is 2. The predicted octanol–water partition coefficient (Wildman–Crippen LogP) is 4.50. The SMILES string of the molecule is CC(=O)NC1=NN(C(C)=O)C(c2cc(C)ccc2OCCCOc2ccc(Cl)cc2)S1. The summed E-state index contributed by atoms with van der Waals surface area (Å²) in [5.41, 5.74) is 1.86. The molecule has 2 aromatic rings. The molecule has 7 nitrogen and oxygen atoms in total. The molecule has 0 radical (unpaired) electrons. The number of aryl methyl sites for hydroxylation is 1. The smallest absolute Gasteiger partial charge is 0.241 e. The first-order valence-corrected chi connectivity index (χ1v) is 11.0. The second kappa shape index (κ2) is 10.5. The van der Waals surface area contributed by atoms with Crippen LogP contribution in [0.4, 0.5) is 0 Å². The van der Waals surface area contributed by atoms with Gasteiger partial charge >= 0.3 is 0 Å². The van der Waals surface area contributed by atoms with Gasteiger partial charge in [-0.25, -0.2) is 5.01 Å². The van der Waals surface area contributed by atoms with Crippen molar-refractivity contribution < 1.29 is 19.1 Å². The summed E-state index contributed by atoms with van der Waals surface area (Å²) < 4.78 is 11.7. The molecular weight excluding hydrogens is 438 g/mol. The van der Waals surface area contributed by atoms with Crippen molar-refractivity contribution in [2.24, 2.45) is 5.10 Å². The van der Waals surface area contributed by atoms with Crippen molar-refractivity contribution in [3.63, 3.8) is 0 Å². The summed E-state index contributed by atoms with van der Waals surface area (Å²) in [6.07, 6.45) is 0.678. The summed E-state index contributed by atoms with van der Waals surface area (Å²) in [6, 6.07) is 13.0. The maximum Gasteiger partial charge on any atom is 0.241 e. The molecule has 0 aromatic heterocycles. The number of rotatable bonds is 7. The number of thioether (sulfide) groups is 1. The largest absolute Gasteiger partial charge is 0.493 e. The lowest BCUT2D eigenvalue weighted by molar-refractivity contribution is -0.129. The molecule has 1 aliphatic heterocycles. The number of hydrogen-bond donors (Lipinski definition) is 1. The summed E-state index contributed by atoms with van der Waals surface area (Å²) in [5.74, 6) is 0.959. The van der Waals surface area contributed by atoms with Crippen molar-refractivity contribution in [3.05, 3.63) is 58.6 Å². The number of ether oxygens (including phenoxy) is 2. The van der Waals surface area contributed by atoms with Crippen molar-refractivity contribution >= 4 is 40.3 Å². The predicted molar refractivity (Wildman–Crippen MR) is 122 cm³/mol. The number of amidine groups is 1. The fourth-order valence-electron chi connectivity index (χ4n) is 2.92. The van der Waals surface area contributed by atoms with E-state index < -0.39 is 5.37 Å². The molecule has 1 unspecified atom stereocenters. The van der Waals surface area contributed by atoms with Gasteiger partial charge in [0, 0.05) is 30.9 Å². The molecule has 0 fully saturated rings. The second-order valence-electron chi connectivity index (χ2n) is 6.97. The molecule has 164 valence electrons. The highest BCUT2D eigenvalue weighted by molar-refractivity contribution is 8.14. The fourth-order valence-corrected chi connectivity index (χ4v) is 4.20. The van der Waals surface area contributed by atoms with Crippen LogP contribution in [0.15, 0.2) is 47.6 Å². The van der Waals surface area contributed by atoms with Crippen molar-refractivity contribution in [3.8, 4) is 11.5 Å². The van der Waals surface area contributed by atoms with Crippen molar-refractivity contribution in [1.29, 1.82) is 0 Å². The molecule has 0 bridgehead atoms. The van der Waals surface area contributed by atoms with E-state index in [2.05, 4.69) is 10.4 Å². The third-order valence-corrected chi connectivity index (χ3v) is 5.65. The lowest BCUT2D eigenvalue weighted by Crippen LogP contribution is -2.25. The summed E-state index contributed by atoms with van der Waals surface area (Å²) in [5, 5.41) is 8.90. The summed E-state index contributed by atoms with van der Waals surface area (Å²) >= 11 is 7.18. The van der Waals surface area contributed by atoms with Gasteiger partial charge in [-0.15, -0.1) is 5.10 Å². The van der Waals surface area contributed by atoms with Crippen LogP contribution in [0.1, 0.15) is 36.8 Å². The fraction of sp³-hybridized carbons (Fsp3) is 0.318. The molecule has 3 rings (SSSR count).